The normalized spacial score (nSPS) is 10.2. The first-order valence-electron chi connectivity index (χ1n) is 8.67. The van der Waals surface area contributed by atoms with Crippen LogP contribution in [0.1, 0.15) is 10.4 Å². The molecule has 31 heavy (non-hydrogen) atoms. The van der Waals surface area contributed by atoms with E-state index in [1.807, 2.05) is 0 Å². The summed E-state index contributed by atoms with van der Waals surface area (Å²) >= 11 is 11.6. The number of benzene rings is 2. The van der Waals surface area contributed by atoms with E-state index in [2.05, 4.69) is 21.3 Å². The van der Waals surface area contributed by atoms with E-state index >= 15 is 0 Å². The Morgan fingerprint density at radius 1 is 0.742 bits per heavy atom. The average molecular weight is 473 g/mol. The number of hydrogen-bond donors (Lipinski definition) is 4. The average Bonchev–Trinajstić information content (AvgIpc) is 2.71. The summed E-state index contributed by atoms with van der Waals surface area (Å²) in [5.74, 6) is -4.81. The Labute approximate surface area is 185 Å². The van der Waals surface area contributed by atoms with Crippen molar-refractivity contribution in [1.82, 2.24) is 16.0 Å². The maximum Gasteiger partial charge on any atom is 0.253 e. The highest BCUT2D eigenvalue weighted by Crippen LogP contribution is 2.20. The van der Waals surface area contributed by atoms with Crippen LogP contribution in [0.3, 0.4) is 0 Å². The number of nitrogens with one attached hydrogen (secondary N) is 4. The molecule has 8 nitrogen and oxygen atoms in total. The molecule has 4 amide bonds. The zero-order valence-electron chi connectivity index (χ0n) is 15.7. The molecule has 2 aromatic carbocycles. The lowest BCUT2D eigenvalue weighted by atomic mass is 10.2. The molecule has 0 radical (unpaired) electrons. The Bertz CT molecular complexity index is 1020. The minimum Gasteiger partial charge on any atom is -0.346 e. The molecule has 2 aromatic rings. The van der Waals surface area contributed by atoms with Crippen molar-refractivity contribution in [3.63, 3.8) is 0 Å². The van der Waals surface area contributed by atoms with Gasteiger partial charge in [0.1, 0.15) is 0 Å². The van der Waals surface area contributed by atoms with E-state index in [1.165, 1.54) is 18.2 Å². The van der Waals surface area contributed by atoms with E-state index in [9.17, 15) is 28.0 Å². The van der Waals surface area contributed by atoms with E-state index in [4.69, 9.17) is 23.2 Å². The van der Waals surface area contributed by atoms with Gasteiger partial charge in [-0.3, -0.25) is 19.2 Å². The number of amides is 4. The number of halogens is 4. The first-order chi connectivity index (χ1) is 14.7. The van der Waals surface area contributed by atoms with Gasteiger partial charge in [-0.15, -0.1) is 0 Å². The Morgan fingerprint density at radius 3 is 1.97 bits per heavy atom. The van der Waals surface area contributed by atoms with Crippen LogP contribution in [0.25, 0.3) is 0 Å². The number of anilines is 1. The van der Waals surface area contributed by atoms with Crippen LogP contribution in [0.2, 0.25) is 10.0 Å². The molecule has 0 spiro atoms. The highest BCUT2D eigenvalue weighted by atomic mass is 35.5. The van der Waals surface area contributed by atoms with Crippen LogP contribution >= 0.6 is 23.2 Å². The fraction of sp³-hybridized carbons (Fsp3) is 0.158. The summed E-state index contributed by atoms with van der Waals surface area (Å²) in [6.45, 7) is -1.32. The molecule has 0 aromatic heterocycles. The van der Waals surface area contributed by atoms with Crippen molar-refractivity contribution in [2.45, 2.75) is 0 Å². The van der Waals surface area contributed by atoms with Gasteiger partial charge >= 0.3 is 0 Å². The number of carbonyl (C=O) groups excluding carboxylic acids is 4. The first-order valence-corrected chi connectivity index (χ1v) is 9.43. The van der Waals surface area contributed by atoms with Crippen molar-refractivity contribution >= 4 is 52.5 Å². The molecule has 0 heterocycles. The smallest absolute Gasteiger partial charge is 0.253 e. The van der Waals surface area contributed by atoms with Gasteiger partial charge < -0.3 is 21.3 Å². The zero-order chi connectivity index (χ0) is 23.0. The van der Waals surface area contributed by atoms with Crippen LogP contribution in [0, 0.1) is 11.6 Å². The molecule has 2 rings (SSSR count). The van der Waals surface area contributed by atoms with Crippen molar-refractivity contribution in [2.24, 2.45) is 0 Å². The maximum atomic E-state index is 13.1. The van der Waals surface area contributed by atoms with Gasteiger partial charge in [-0.25, -0.2) is 8.78 Å². The summed E-state index contributed by atoms with van der Waals surface area (Å²) < 4.78 is 25.9. The summed E-state index contributed by atoms with van der Waals surface area (Å²) in [6.07, 6.45) is 0. The third kappa shape index (κ3) is 7.83. The molecule has 0 unspecified atom stereocenters. The molecule has 12 heteroatoms. The van der Waals surface area contributed by atoms with E-state index in [1.54, 1.807) is 0 Å². The van der Waals surface area contributed by atoms with Crippen molar-refractivity contribution in [2.75, 3.05) is 25.0 Å². The summed E-state index contributed by atoms with van der Waals surface area (Å²) in [4.78, 5) is 47.2. The minimum absolute atomic E-state index is 0.0167. The highest BCUT2D eigenvalue weighted by Gasteiger charge is 2.13. The summed E-state index contributed by atoms with van der Waals surface area (Å²) in [5.41, 5.74) is 0.145. The van der Waals surface area contributed by atoms with Crippen LogP contribution < -0.4 is 21.3 Å². The molecule has 0 saturated heterocycles. The molecule has 164 valence electrons. The monoisotopic (exact) mass is 472 g/mol. The lowest BCUT2D eigenvalue weighted by Gasteiger charge is -2.09. The molecule has 0 aliphatic rings. The van der Waals surface area contributed by atoms with Crippen molar-refractivity contribution in [3.8, 4) is 0 Å². The first kappa shape index (κ1) is 24.0. The molecule has 0 fully saturated rings. The third-order valence-corrected chi connectivity index (χ3v) is 4.23. The van der Waals surface area contributed by atoms with Gasteiger partial charge in [0.15, 0.2) is 11.6 Å². The second-order valence-electron chi connectivity index (χ2n) is 6.04. The van der Waals surface area contributed by atoms with E-state index in [0.29, 0.717) is 5.02 Å². The minimum atomic E-state index is -1.13. The molecule has 4 N–H and O–H groups in total. The van der Waals surface area contributed by atoms with Gasteiger partial charge in [-0.1, -0.05) is 23.2 Å². The Kier molecular flexibility index (Phi) is 8.71. The number of hydrogen-bond acceptors (Lipinski definition) is 4. The number of carbonyl (C=O) groups is 4. The largest absolute Gasteiger partial charge is 0.346 e. The molecular weight excluding hydrogens is 457 g/mol. The van der Waals surface area contributed by atoms with Crippen LogP contribution in [0.15, 0.2) is 36.4 Å². The fourth-order valence-corrected chi connectivity index (χ4v) is 2.69. The maximum absolute atomic E-state index is 13.1. The van der Waals surface area contributed by atoms with E-state index in [-0.39, 0.29) is 16.3 Å². The molecule has 0 saturated carbocycles. The van der Waals surface area contributed by atoms with Gasteiger partial charge in [0.25, 0.3) is 5.91 Å². The van der Waals surface area contributed by atoms with Gasteiger partial charge in [-0.2, -0.15) is 0 Å². The van der Waals surface area contributed by atoms with Crippen molar-refractivity contribution in [3.05, 3.63) is 63.6 Å². The Morgan fingerprint density at radius 2 is 1.35 bits per heavy atom. The molecular formula is C19H16Cl2F2N4O4. The van der Waals surface area contributed by atoms with E-state index in [0.717, 1.165) is 18.2 Å². The highest BCUT2D eigenvalue weighted by molar-refractivity contribution is 6.36. The summed E-state index contributed by atoms with van der Waals surface area (Å²) in [6, 6.07) is 7.04. The SMILES string of the molecule is O=C(CNC(=O)CNC(=O)c1ccc(Cl)cc1Cl)NCC(=O)Nc1ccc(F)c(F)c1. The van der Waals surface area contributed by atoms with Crippen LogP contribution in [0.5, 0.6) is 0 Å². The fourth-order valence-electron chi connectivity index (χ4n) is 2.19. The molecule has 0 aliphatic carbocycles. The second-order valence-corrected chi connectivity index (χ2v) is 6.88. The van der Waals surface area contributed by atoms with Gasteiger partial charge in [0, 0.05) is 16.8 Å². The Hall–Kier alpha value is -3.24. The Balaban J connectivity index is 1.68. The standard InChI is InChI=1S/C19H16Cl2F2N4O4/c20-10-1-3-12(13(21)5-10)19(31)26-8-17(29)24-7-16(28)25-9-18(30)27-11-2-4-14(22)15(23)6-11/h1-6H,7-9H2,(H,24,29)(H,25,28)(H,26,31)(H,27,30). The van der Waals surface area contributed by atoms with Gasteiger partial charge in [0.05, 0.1) is 30.2 Å². The molecule has 0 bridgehead atoms. The predicted octanol–water partition coefficient (Wildman–Crippen LogP) is 1.87. The van der Waals surface area contributed by atoms with Crippen LogP contribution in [-0.4, -0.2) is 43.3 Å². The molecule has 0 atom stereocenters. The van der Waals surface area contributed by atoms with E-state index < -0.39 is 54.9 Å². The zero-order valence-corrected chi connectivity index (χ0v) is 17.2. The third-order valence-electron chi connectivity index (χ3n) is 3.68. The predicted molar refractivity (Wildman–Crippen MR) is 110 cm³/mol. The topological polar surface area (TPSA) is 116 Å². The van der Waals surface area contributed by atoms with Crippen LogP contribution in [-0.2, 0) is 14.4 Å². The lowest BCUT2D eigenvalue weighted by molar-refractivity contribution is -0.126. The van der Waals surface area contributed by atoms with Gasteiger partial charge in [-0.05, 0) is 30.3 Å². The van der Waals surface area contributed by atoms with Gasteiger partial charge in [0.2, 0.25) is 17.7 Å². The van der Waals surface area contributed by atoms with Crippen molar-refractivity contribution < 1.29 is 28.0 Å². The summed E-state index contributed by atoms with van der Waals surface area (Å²) in [5, 5.41) is 9.57. The second kappa shape index (κ2) is 11.2. The summed E-state index contributed by atoms with van der Waals surface area (Å²) in [7, 11) is 0. The lowest BCUT2D eigenvalue weighted by Crippen LogP contribution is -2.43. The number of rotatable bonds is 8. The van der Waals surface area contributed by atoms with Crippen molar-refractivity contribution in [1.29, 1.82) is 0 Å². The quantitative estimate of drug-likeness (QED) is 0.469. The van der Waals surface area contributed by atoms with Crippen LogP contribution in [0.4, 0.5) is 14.5 Å². The molecule has 0 aliphatic heterocycles.